The Bertz CT molecular complexity index is 267. The van der Waals surface area contributed by atoms with Crippen molar-refractivity contribution in [2.75, 3.05) is 0 Å². The van der Waals surface area contributed by atoms with E-state index in [1.807, 2.05) is 13.0 Å². The van der Waals surface area contributed by atoms with Crippen molar-refractivity contribution in [3.63, 3.8) is 0 Å². The normalized spacial score (nSPS) is 39.6. The number of hydrogen-bond donors (Lipinski definition) is 0. The highest BCUT2D eigenvalue weighted by Crippen LogP contribution is 2.36. The SMILES string of the molecule is C[C@H]1CC=C[C@@H]2C(=O)OC(=O)[C@H]21. The van der Waals surface area contributed by atoms with Crippen LogP contribution in [0.15, 0.2) is 12.2 Å². The second-order valence-corrected chi connectivity index (χ2v) is 3.43. The summed E-state index contributed by atoms with van der Waals surface area (Å²) in [5, 5.41) is 0. The van der Waals surface area contributed by atoms with Gasteiger partial charge in [-0.25, -0.2) is 0 Å². The van der Waals surface area contributed by atoms with Crippen molar-refractivity contribution in [3.8, 4) is 0 Å². The van der Waals surface area contributed by atoms with Crippen LogP contribution in [0.25, 0.3) is 0 Å². The minimum Gasteiger partial charge on any atom is -0.392 e. The lowest BCUT2D eigenvalue weighted by atomic mass is 9.78. The van der Waals surface area contributed by atoms with Gasteiger partial charge in [0.05, 0.1) is 11.8 Å². The monoisotopic (exact) mass is 166 g/mol. The number of rotatable bonds is 0. The number of carbonyl (C=O) groups is 2. The summed E-state index contributed by atoms with van der Waals surface area (Å²) in [6.45, 7) is 1.97. The molecule has 12 heavy (non-hydrogen) atoms. The molecule has 0 radical (unpaired) electrons. The van der Waals surface area contributed by atoms with Crippen molar-refractivity contribution >= 4 is 11.9 Å². The zero-order chi connectivity index (χ0) is 8.72. The molecule has 0 unspecified atom stereocenters. The van der Waals surface area contributed by atoms with E-state index in [-0.39, 0.29) is 29.7 Å². The third kappa shape index (κ3) is 0.891. The lowest BCUT2D eigenvalue weighted by Gasteiger charge is -2.20. The zero-order valence-corrected chi connectivity index (χ0v) is 6.82. The molecule has 0 aromatic carbocycles. The fourth-order valence-electron chi connectivity index (χ4n) is 1.90. The molecule has 2 rings (SSSR count). The molecule has 3 atom stereocenters. The van der Waals surface area contributed by atoms with E-state index in [1.165, 1.54) is 0 Å². The fraction of sp³-hybridized carbons (Fsp3) is 0.556. The number of carbonyl (C=O) groups excluding carboxylic acids is 2. The molecule has 64 valence electrons. The third-order valence-corrected chi connectivity index (χ3v) is 2.60. The number of allylic oxidation sites excluding steroid dienone is 1. The second kappa shape index (κ2) is 2.44. The summed E-state index contributed by atoms with van der Waals surface area (Å²) in [6.07, 6.45) is 4.60. The number of ether oxygens (including phenoxy) is 1. The van der Waals surface area contributed by atoms with E-state index >= 15 is 0 Å². The van der Waals surface area contributed by atoms with E-state index in [4.69, 9.17) is 0 Å². The average Bonchev–Trinajstić information content (AvgIpc) is 2.29. The van der Waals surface area contributed by atoms with Gasteiger partial charge in [-0.3, -0.25) is 9.59 Å². The maximum atomic E-state index is 11.2. The maximum absolute atomic E-state index is 11.2. The van der Waals surface area contributed by atoms with Crippen LogP contribution in [-0.4, -0.2) is 11.9 Å². The number of fused-ring (bicyclic) bond motifs is 1. The van der Waals surface area contributed by atoms with Crippen molar-refractivity contribution in [2.24, 2.45) is 17.8 Å². The minimum atomic E-state index is -0.382. The minimum absolute atomic E-state index is 0.220. The van der Waals surface area contributed by atoms with Gasteiger partial charge in [0.25, 0.3) is 0 Å². The highest BCUT2D eigenvalue weighted by molar-refractivity contribution is 5.97. The summed E-state index contributed by atoms with van der Waals surface area (Å²) in [6, 6.07) is 0. The van der Waals surface area contributed by atoms with Crippen LogP contribution < -0.4 is 0 Å². The van der Waals surface area contributed by atoms with Crippen molar-refractivity contribution in [3.05, 3.63) is 12.2 Å². The van der Waals surface area contributed by atoms with Gasteiger partial charge in [-0.1, -0.05) is 19.1 Å². The largest absolute Gasteiger partial charge is 0.392 e. The van der Waals surface area contributed by atoms with Gasteiger partial charge in [0.15, 0.2) is 0 Å². The summed E-state index contributed by atoms with van der Waals surface area (Å²) in [4.78, 5) is 22.2. The molecule has 0 bridgehead atoms. The Morgan fingerprint density at radius 1 is 1.42 bits per heavy atom. The summed E-state index contributed by atoms with van der Waals surface area (Å²) in [5.74, 6) is -1.02. The van der Waals surface area contributed by atoms with E-state index in [2.05, 4.69) is 4.74 Å². The predicted octanol–water partition coefficient (Wildman–Crippen LogP) is 0.898. The standard InChI is InChI=1S/C9H10O3/c1-5-3-2-4-6-7(5)9(11)12-8(6)10/h2,4-7H,3H2,1H3/t5-,6-,7-/m0/s1. The number of cyclic esters (lactones) is 2. The van der Waals surface area contributed by atoms with Crippen LogP contribution in [0.4, 0.5) is 0 Å². The maximum Gasteiger partial charge on any atom is 0.321 e. The van der Waals surface area contributed by atoms with Gasteiger partial charge >= 0.3 is 11.9 Å². The van der Waals surface area contributed by atoms with Crippen molar-refractivity contribution in [2.45, 2.75) is 13.3 Å². The molecule has 1 saturated heterocycles. The van der Waals surface area contributed by atoms with Crippen molar-refractivity contribution < 1.29 is 14.3 Å². The topological polar surface area (TPSA) is 43.4 Å². The van der Waals surface area contributed by atoms with E-state index in [1.54, 1.807) is 6.08 Å². The Balaban J connectivity index is 2.34. The van der Waals surface area contributed by atoms with Crippen LogP contribution in [0.2, 0.25) is 0 Å². The molecule has 3 heteroatoms. The number of hydrogen-bond acceptors (Lipinski definition) is 3. The molecule has 0 amide bonds. The molecular formula is C9H10O3. The van der Waals surface area contributed by atoms with Gasteiger partial charge in [0, 0.05) is 0 Å². The van der Waals surface area contributed by atoms with Gasteiger partial charge < -0.3 is 4.74 Å². The summed E-state index contributed by atoms with van der Waals surface area (Å²) < 4.78 is 4.55. The van der Waals surface area contributed by atoms with Crippen LogP contribution in [0.1, 0.15) is 13.3 Å². The predicted molar refractivity (Wildman–Crippen MR) is 41.0 cm³/mol. The van der Waals surface area contributed by atoms with Crippen LogP contribution in [0.3, 0.4) is 0 Å². The van der Waals surface area contributed by atoms with Gasteiger partial charge in [0.1, 0.15) is 0 Å². The van der Waals surface area contributed by atoms with Crippen molar-refractivity contribution in [1.82, 2.24) is 0 Å². The first-order valence-corrected chi connectivity index (χ1v) is 4.12. The lowest BCUT2D eigenvalue weighted by molar-refractivity contribution is -0.153. The van der Waals surface area contributed by atoms with Gasteiger partial charge in [-0.05, 0) is 12.3 Å². The molecule has 2 aliphatic rings. The van der Waals surface area contributed by atoms with Gasteiger partial charge in [0.2, 0.25) is 0 Å². The highest BCUT2D eigenvalue weighted by Gasteiger charge is 2.46. The van der Waals surface area contributed by atoms with Crippen LogP contribution in [-0.2, 0) is 14.3 Å². The Labute approximate surface area is 70.4 Å². The molecule has 0 spiro atoms. The van der Waals surface area contributed by atoms with E-state index in [0.29, 0.717) is 0 Å². The van der Waals surface area contributed by atoms with E-state index < -0.39 is 0 Å². The molecule has 0 saturated carbocycles. The van der Waals surface area contributed by atoms with E-state index in [0.717, 1.165) is 6.42 Å². The van der Waals surface area contributed by atoms with Crippen LogP contribution >= 0.6 is 0 Å². The molecular weight excluding hydrogens is 156 g/mol. The number of esters is 2. The van der Waals surface area contributed by atoms with Crippen LogP contribution in [0.5, 0.6) is 0 Å². The second-order valence-electron chi connectivity index (χ2n) is 3.43. The zero-order valence-electron chi connectivity index (χ0n) is 6.82. The molecule has 1 heterocycles. The van der Waals surface area contributed by atoms with Gasteiger partial charge in [-0.2, -0.15) is 0 Å². The lowest BCUT2D eigenvalue weighted by Crippen LogP contribution is -2.25. The molecule has 3 nitrogen and oxygen atoms in total. The highest BCUT2D eigenvalue weighted by atomic mass is 16.6. The Morgan fingerprint density at radius 2 is 2.17 bits per heavy atom. The molecule has 0 aromatic rings. The Kier molecular flexibility index (Phi) is 1.53. The Hall–Kier alpha value is -1.12. The molecule has 1 aliphatic heterocycles. The Morgan fingerprint density at radius 3 is 2.83 bits per heavy atom. The quantitative estimate of drug-likeness (QED) is 0.305. The summed E-state index contributed by atoms with van der Waals surface area (Å²) >= 11 is 0. The molecule has 1 fully saturated rings. The summed E-state index contributed by atoms with van der Waals surface area (Å²) in [5.41, 5.74) is 0. The third-order valence-electron chi connectivity index (χ3n) is 2.60. The average molecular weight is 166 g/mol. The van der Waals surface area contributed by atoms with Crippen LogP contribution in [0, 0.1) is 17.8 Å². The first kappa shape index (κ1) is 7.53. The smallest absolute Gasteiger partial charge is 0.321 e. The molecule has 0 N–H and O–H groups in total. The first-order chi connectivity index (χ1) is 5.70. The molecule has 0 aromatic heterocycles. The summed E-state index contributed by atoms with van der Waals surface area (Å²) in [7, 11) is 0. The van der Waals surface area contributed by atoms with Gasteiger partial charge in [-0.15, -0.1) is 0 Å². The first-order valence-electron chi connectivity index (χ1n) is 4.12. The van der Waals surface area contributed by atoms with E-state index in [9.17, 15) is 9.59 Å². The molecule has 1 aliphatic carbocycles. The fourth-order valence-corrected chi connectivity index (χ4v) is 1.90. The van der Waals surface area contributed by atoms with Crippen molar-refractivity contribution in [1.29, 1.82) is 0 Å².